The van der Waals surface area contributed by atoms with Gasteiger partial charge < -0.3 is 14.6 Å². The van der Waals surface area contributed by atoms with Crippen LogP contribution < -0.4 is 4.74 Å². The maximum absolute atomic E-state index is 14.2. The van der Waals surface area contributed by atoms with Gasteiger partial charge in [0.25, 0.3) is 0 Å². The molecule has 5 heterocycles. The van der Waals surface area contributed by atoms with Crippen molar-refractivity contribution in [3.63, 3.8) is 0 Å². The zero-order valence-electron chi connectivity index (χ0n) is 26.6. The van der Waals surface area contributed by atoms with Gasteiger partial charge in [-0.3, -0.25) is 9.20 Å². The van der Waals surface area contributed by atoms with Crippen LogP contribution in [0.5, 0.6) is 5.88 Å². The molecule has 0 radical (unpaired) electrons. The molecule has 242 valence electrons. The molecule has 3 aliphatic rings. The number of carboxylic acids is 1. The molecule has 2 aliphatic heterocycles. The lowest BCUT2D eigenvalue weighted by Crippen LogP contribution is -2.50. The fourth-order valence-electron chi connectivity index (χ4n) is 6.96. The van der Waals surface area contributed by atoms with E-state index in [0.717, 1.165) is 52.1 Å². The molecule has 4 aromatic rings. The number of aliphatic carboxylic acids is 1. The van der Waals surface area contributed by atoms with E-state index in [1.807, 2.05) is 48.7 Å². The van der Waals surface area contributed by atoms with Gasteiger partial charge in [0.1, 0.15) is 16.3 Å². The molecule has 0 amide bonds. The number of nitrogens with zero attached hydrogens (tertiary/aromatic N) is 5. The summed E-state index contributed by atoms with van der Waals surface area (Å²) in [4.78, 5) is 17.2. The smallest absolute Gasteiger partial charge is 0.310 e. The number of hydrogen-bond donors (Lipinski definition) is 1. The van der Waals surface area contributed by atoms with Crippen molar-refractivity contribution in [1.29, 1.82) is 0 Å². The van der Waals surface area contributed by atoms with E-state index < -0.39 is 32.9 Å². The Morgan fingerprint density at radius 3 is 2.61 bits per heavy atom. The number of sulfonamides is 1. The Labute approximate surface area is 268 Å². The minimum Gasteiger partial charge on any atom is -0.481 e. The summed E-state index contributed by atoms with van der Waals surface area (Å²) in [5.74, 6) is -0.0131. The standard InChI is InChI=1S/C34H39N5O6S/c1-21-7-8-24(28(33(3,4)32(40)41)26-11-15-39-29(22(26)2)36-37-30(39)23-9-10-23)18-25(21)19-38-20-34(12-16-44-17-13-34)45-31-27(46(38,42)43)6-5-14-35-31/h5-8,11,14-15,18,23,28H,9-10,12-13,16-17,19-20H2,1-4H3,(H,40,41)/t28-/m0/s1. The van der Waals surface area contributed by atoms with Crippen LogP contribution in [0.2, 0.25) is 0 Å². The predicted octanol–water partition coefficient (Wildman–Crippen LogP) is 4.99. The van der Waals surface area contributed by atoms with E-state index in [1.54, 1.807) is 26.1 Å². The Kier molecular flexibility index (Phi) is 7.45. The molecule has 1 spiro atoms. The van der Waals surface area contributed by atoms with Gasteiger partial charge in [0.05, 0.1) is 25.2 Å². The number of benzene rings is 1. The average molecular weight is 646 g/mol. The molecule has 46 heavy (non-hydrogen) atoms. The average Bonchev–Trinajstić information content (AvgIpc) is 3.78. The third kappa shape index (κ3) is 5.16. The van der Waals surface area contributed by atoms with E-state index >= 15 is 0 Å². The van der Waals surface area contributed by atoms with Gasteiger partial charge in [-0.1, -0.05) is 18.2 Å². The summed E-state index contributed by atoms with van der Waals surface area (Å²) < 4.78 is 43.8. The number of carbonyl (C=O) groups is 1. The molecule has 0 unspecified atom stereocenters. The summed E-state index contributed by atoms with van der Waals surface area (Å²) in [5.41, 5.74) is 2.96. The van der Waals surface area contributed by atoms with Crippen LogP contribution in [0.15, 0.2) is 53.7 Å². The van der Waals surface area contributed by atoms with E-state index in [9.17, 15) is 18.3 Å². The van der Waals surface area contributed by atoms with Gasteiger partial charge >= 0.3 is 5.97 Å². The summed E-state index contributed by atoms with van der Waals surface area (Å²) in [6.07, 6.45) is 6.76. The molecule has 3 aromatic heterocycles. The lowest BCUT2D eigenvalue weighted by atomic mass is 9.70. The molecular formula is C34H39N5O6S. The van der Waals surface area contributed by atoms with Gasteiger partial charge in [0.2, 0.25) is 15.9 Å². The Morgan fingerprint density at radius 2 is 1.89 bits per heavy atom. The minimum absolute atomic E-state index is 0.0415. The van der Waals surface area contributed by atoms with Crippen molar-refractivity contribution >= 4 is 21.6 Å². The monoisotopic (exact) mass is 645 g/mol. The second-order valence-electron chi connectivity index (χ2n) is 13.5. The third-order valence-corrected chi connectivity index (χ3v) is 11.8. The van der Waals surface area contributed by atoms with Crippen molar-refractivity contribution in [2.24, 2.45) is 5.41 Å². The number of ether oxygens (including phenoxy) is 2. The largest absolute Gasteiger partial charge is 0.481 e. The van der Waals surface area contributed by atoms with E-state index in [2.05, 4.69) is 15.2 Å². The molecule has 11 nitrogen and oxygen atoms in total. The highest BCUT2D eigenvalue weighted by Gasteiger charge is 2.46. The number of carboxylic acid groups (broad SMARTS) is 1. The first kappa shape index (κ1) is 30.8. The number of aromatic nitrogens is 4. The Balaban J connectivity index is 1.32. The number of hydrogen-bond acceptors (Lipinski definition) is 8. The molecule has 7 rings (SSSR count). The number of pyridine rings is 2. The normalized spacial score (nSPS) is 20.2. The first-order valence-electron chi connectivity index (χ1n) is 15.8. The van der Waals surface area contributed by atoms with Crippen molar-refractivity contribution in [1.82, 2.24) is 23.9 Å². The van der Waals surface area contributed by atoms with Gasteiger partial charge in [-0.15, -0.1) is 10.2 Å². The van der Waals surface area contributed by atoms with Crippen LogP contribution in [0, 0.1) is 19.3 Å². The van der Waals surface area contributed by atoms with Crippen LogP contribution in [0.1, 0.15) is 85.0 Å². The van der Waals surface area contributed by atoms with E-state index in [-0.39, 0.29) is 23.9 Å². The topological polar surface area (TPSA) is 136 Å². The first-order valence-corrected chi connectivity index (χ1v) is 17.2. The van der Waals surface area contributed by atoms with Crippen molar-refractivity contribution in [3.8, 4) is 5.88 Å². The van der Waals surface area contributed by atoms with Crippen LogP contribution in [0.3, 0.4) is 0 Å². The molecule has 1 N–H and O–H groups in total. The molecular weight excluding hydrogens is 606 g/mol. The minimum atomic E-state index is -3.97. The fourth-order valence-corrected chi connectivity index (χ4v) is 8.52. The summed E-state index contributed by atoms with van der Waals surface area (Å²) in [5, 5.41) is 19.5. The zero-order valence-corrected chi connectivity index (χ0v) is 27.4. The van der Waals surface area contributed by atoms with Crippen molar-refractivity contribution in [3.05, 3.63) is 82.4 Å². The van der Waals surface area contributed by atoms with Crippen molar-refractivity contribution in [2.45, 2.75) is 82.3 Å². The predicted molar refractivity (Wildman–Crippen MR) is 169 cm³/mol. The zero-order chi connectivity index (χ0) is 32.4. The van der Waals surface area contributed by atoms with E-state index in [4.69, 9.17) is 9.47 Å². The SMILES string of the molecule is Cc1ccc([C@@H](c2ccn3c(C4CC4)nnc3c2C)C(C)(C)C(=O)O)cc1CN1CC2(CCOCC2)Oc2ncccc2S1(=O)=O. The van der Waals surface area contributed by atoms with Crippen molar-refractivity contribution in [2.75, 3.05) is 19.8 Å². The van der Waals surface area contributed by atoms with Crippen LogP contribution in [0.25, 0.3) is 5.65 Å². The third-order valence-electron chi connectivity index (χ3n) is 10.0. The van der Waals surface area contributed by atoms with Gasteiger partial charge in [-0.05, 0) is 86.6 Å². The molecule has 12 heteroatoms. The number of fused-ring (bicyclic) bond motifs is 2. The fraction of sp³-hybridized carbons (Fsp3) is 0.471. The maximum atomic E-state index is 14.2. The van der Waals surface area contributed by atoms with Gasteiger partial charge in [0.15, 0.2) is 5.65 Å². The Morgan fingerprint density at radius 1 is 1.13 bits per heavy atom. The molecule has 1 aromatic carbocycles. The van der Waals surface area contributed by atoms with Gasteiger partial charge in [0, 0.05) is 43.6 Å². The summed E-state index contributed by atoms with van der Waals surface area (Å²) in [6, 6.07) is 11.0. The lowest BCUT2D eigenvalue weighted by Gasteiger charge is -2.38. The second-order valence-corrected chi connectivity index (χ2v) is 15.5. The number of aryl methyl sites for hydroxylation is 2. The van der Waals surface area contributed by atoms with Crippen LogP contribution in [0.4, 0.5) is 0 Å². The molecule has 1 saturated carbocycles. The van der Waals surface area contributed by atoms with Gasteiger partial charge in [-0.25, -0.2) is 13.4 Å². The van der Waals surface area contributed by atoms with Crippen LogP contribution in [-0.4, -0.2) is 68.7 Å². The highest BCUT2D eigenvalue weighted by Crippen LogP contribution is 2.45. The van der Waals surface area contributed by atoms with E-state index in [1.165, 1.54) is 10.4 Å². The molecule has 0 bridgehead atoms. The lowest BCUT2D eigenvalue weighted by molar-refractivity contribution is -0.147. The Hall–Kier alpha value is -3.87. The van der Waals surface area contributed by atoms with Gasteiger partial charge in [-0.2, -0.15) is 4.31 Å². The summed E-state index contributed by atoms with van der Waals surface area (Å²) in [6.45, 7) is 8.56. The van der Waals surface area contributed by atoms with E-state index in [0.29, 0.717) is 32.0 Å². The first-order chi connectivity index (χ1) is 21.9. The van der Waals surface area contributed by atoms with Crippen molar-refractivity contribution < 1.29 is 27.8 Å². The summed E-state index contributed by atoms with van der Waals surface area (Å²) >= 11 is 0. The highest BCUT2D eigenvalue weighted by atomic mass is 32.2. The van der Waals surface area contributed by atoms with Crippen LogP contribution in [-0.2, 0) is 26.1 Å². The maximum Gasteiger partial charge on any atom is 0.310 e. The molecule has 1 aliphatic carbocycles. The quantitative estimate of drug-likeness (QED) is 0.295. The summed E-state index contributed by atoms with van der Waals surface area (Å²) in [7, 11) is -3.97. The van der Waals surface area contributed by atoms with Crippen LogP contribution >= 0.6 is 0 Å². The molecule has 2 fully saturated rings. The number of rotatable bonds is 7. The highest BCUT2D eigenvalue weighted by molar-refractivity contribution is 7.89. The second kappa shape index (κ2) is 11.1. The molecule has 1 atom stereocenters. The molecule has 1 saturated heterocycles. The Bertz CT molecular complexity index is 1940.